The Morgan fingerprint density at radius 3 is 2.47 bits per heavy atom. The fraction of sp³-hybridized carbons (Fsp3) is 0.667. The topological polar surface area (TPSA) is 93.0 Å². The molecule has 2 rings (SSSR count). The lowest BCUT2D eigenvalue weighted by Crippen LogP contribution is -2.33. The number of rotatable bonds is 6. The summed E-state index contributed by atoms with van der Waals surface area (Å²) < 4.78 is 0. The van der Waals surface area contributed by atoms with E-state index < -0.39 is 4.92 Å². The lowest BCUT2D eigenvalue weighted by molar-refractivity contribution is -0.383. The van der Waals surface area contributed by atoms with Crippen molar-refractivity contribution in [2.24, 2.45) is 5.41 Å². The Morgan fingerprint density at radius 1 is 1.37 bits per heavy atom. The van der Waals surface area contributed by atoms with Gasteiger partial charge >= 0.3 is 5.69 Å². The maximum absolute atomic E-state index is 11.2. The maximum atomic E-state index is 11.2. The van der Waals surface area contributed by atoms with E-state index in [1.54, 1.807) is 0 Å². The van der Waals surface area contributed by atoms with Gasteiger partial charge in [0.1, 0.15) is 6.33 Å². The van der Waals surface area contributed by atoms with Gasteiger partial charge in [0, 0.05) is 13.1 Å². The van der Waals surface area contributed by atoms with E-state index in [1.165, 1.54) is 12.7 Å². The summed E-state index contributed by atoms with van der Waals surface area (Å²) in [5.74, 6) is 0.563. The average molecular weight is 265 g/mol. The van der Waals surface area contributed by atoms with Crippen LogP contribution in [0.25, 0.3) is 0 Å². The summed E-state index contributed by atoms with van der Waals surface area (Å²) in [6, 6.07) is 0. The zero-order valence-corrected chi connectivity index (χ0v) is 11.3. The first-order valence-corrected chi connectivity index (χ1v) is 6.53. The summed E-state index contributed by atoms with van der Waals surface area (Å²) in [6.07, 6.45) is 4.88. The number of hydrogen-bond donors (Lipinski definition) is 2. The van der Waals surface area contributed by atoms with E-state index in [0.29, 0.717) is 18.9 Å². The molecule has 7 heteroatoms. The lowest BCUT2D eigenvalue weighted by atomic mass is 9.70. The van der Waals surface area contributed by atoms with Crippen LogP contribution in [-0.4, -0.2) is 28.0 Å². The number of nitro groups is 1. The molecule has 2 N–H and O–H groups in total. The normalized spacial score (nSPS) is 16.5. The molecule has 0 atom stereocenters. The Kier molecular flexibility index (Phi) is 3.82. The van der Waals surface area contributed by atoms with Gasteiger partial charge < -0.3 is 10.6 Å². The SMILES string of the molecule is CCNc1ncnc(NCC2(C)CCC2)c1[N+](=O)[O-]. The highest BCUT2D eigenvalue weighted by atomic mass is 16.6. The molecule has 0 aliphatic heterocycles. The van der Waals surface area contributed by atoms with Crippen molar-refractivity contribution in [1.29, 1.82) is 0 Å². The molecule has 1 heterocycles. The van der Waals surface area contributed by atoms with Gasteiger partial charge in [0.25, 0.3) is 0 Å². The van der Waals surface area contributed by atoms with Gasteiger partial charge in [-0.2, -0.15) is 0 Å². The third-order valence-corrected chi connectivity index (χ3v) is 3.59. The Morgan fingerprint density at radius 2 is 2.00 bits per heavy atom. The Bertz CT molecular complexity index is 473. The minimum Gasteiger partial charge on any atom is -0.364 e. The molecular formula is C12H19N5O2. The smallest absolute Gasteiger partial charge is 0.353 e. The van der Waals surface area contributed by atoms with Gasteiger partial charge in [-0.1, -0.05) is 13.3 Å². The first-order valence-electron chi connectivity index (χ1n) is 6.53. The summed E-state index contributed by atoms with van der Waals surface area (Å²) in [7, 11) is 0. The van der Waals surface area contributed by atoms with Crippen molar-refractivity contribution in [2.75, 3.05) is 23.7 Å². The molecule has 104 valence electrons. The van der Waals surface area contributed by atoms with Crippen LogP contribution in [0.4, 0.5) is 17.3 Å². The summed E-state index contributed by atoms with van der Waals surface area (Å²) in [6.45, 7) is 5.33. The van der Waals surface area contributed by atoms with Crippen molar-refractivity contribution in [1.82, 2.24) is 9.97 Å². The second-order valence-electron chi connectivity index (χ2n) is 5.22. The molecule has 0 saturated heterocycles. The van der Waals surface area contributed by atoms with E-state index in [4.69, 9.17) is 0 Å². The van der Waals surface area contributed by atoms with Crippen molar-refractivity contribution >= 4 is 17.3 Å². The van der Waals surface area contributed by atoms with Crippen LogP contribution in [0.15, 0.2) is 6.33 Å². The van der Waals surface area contributed by atoms with Crippen molar-refractivity contribution in [2.45, 2.75) is 33.1 Å². The second-order valence-corrected chi connectivity index (χ2v) is 5.22. The molecule has 1 fully saturated rings. The molecule has 0 spiro atoms. The highest BCUT2D eigenvalue weighted by Crippen LogP contribution is 2.40. The molecule has 0 amide bonds. The van der Waals surface area contributed by atoms with Gasteiger partial charge in [0.05, 0.1) is 4.92 Å². The van der Waals surface area contributed by atoms with Crippen LogP contribution in [0.2, 0.25) is 0 Å². The minimum absolute atomic E-state index is 0.0766. The van der Waals surface area contributed by atoms with Crippen molar-refractivity contribution in [3.63, 3.8) is 0 Å². The molecule has 0 radical (unpaired) electrons. The molecule has 1 saturated carbocycles. The molecule has 0 bridgehead atoms. The van der Waals surface area contributed by atoms with Crippen LogP contribution in [0.1, 0.15) is 33.1 Å². The number of aromatic nitrogens is 2. The van der Waals surface area contributed by atoms with Gasteiger partial charge in [0.2, 0.25) is 11.6 Å². The van der Waals surface area contributed by atoms with Crippen molar-refractivity contribution < 1.29 is 4.92 Å². The second kappa shape index (κ2) is 5.38. The van der Waals surface area contributed by atoms with Gasteiger partial charge in [-0.15, -0.1) is 0 Å². The van der Waals surface area contributed by atoms with Crippen LogP contribution >= 0.6 is 0 Å². The van der Waals surface area contributed by atoms with E-state index in [1.807, 2.05) is 6.92 Å². The van der Waals surface area contributed by atoms with E-state index in [0.717, 1.165) is 12.8 Å². The predicted octanol–water partition coefficient (Wildman–Crippen LogP) is 2.42. The molecule has 0 unspecified atom stereocenters. The molecule has 1 aromatic heterocycles. The van der Waals surface area contributed by atoms with Crippen LogP contribution in [0.5, 0.6) is 0 Å². The molecule has 1 aromatic rings. The van der Waals surface area contributed by atoms with E-state index >= 15 is 0 Å². The highest BCUT2D eigenvalue weighted by Gasteiger charge is 2.32. The number of nitrogens with zero attached hydrogens (tertiary/aromatic N) is 3. The molecule has 19 heavy (non-hydrogen) atoms. The number of hydrogen-bond acceptors (Lipinski definition) is 6. The third-order valence-electron chi connectivity index (χ3n) is 3.59. The van der Waals surface area contributed by atoms with Gasteiger partial charge in [-0.05, 0) is 25.2 Å². The Hall–Kier alpha value is -1.92. The molecule has 0 aromatic carbocycles. The monoisotopic (exact) mass is 265 g/mol. The quantitative estimate of drug-likeness (QED) is 0.606. The van der Waals surface area contributed by atoms with Crippen LogP contribution in [0, 0.1) is 15.5 Å². The summed E-state index contributed by atoms with van der Waals surface area (Å²) in [5, 5.41) is 17.2. The van der Waals surface area contributed by atoms with E-state index in [-0.39, 0.29) is 16.9 Å². The number of nitrogens with one attached hydrogen (secondary N) is 2. The first-order chi connectivity index (χ1) is 9.06. The fourth-order valence-corrected chi connectivity index (χ4v) is 2.23. The lowest BCUT2D eigenvalue weighted by Gasteiger charge is -2.38. The summed E-state index contributed by atoms with van der Waals surface area (Å²) in [4.78, 5) is 18.7. The largest absolute Gasteiger partial charge is 0.364 e. The number of anilines is 2. The van der Waals surface area contributed by atoms with Crippen molar-refractivity contribution in [3.8, 4) is 0 Å². The molecular weight excluding hydrogens is 246 g/mol. The van der Waals surface area contributed by atoms with Crippen LogP contribution in [-0.2, 0) is 0 Å². The summed E-state index contributed by atoms with van der Waals surface area (Å²) in [5.41, 5.74) is 0.157. The van der Waals surface area contributed by atoms with Gasteiger partial charge in [-0.25, -0.2) is 9.97 Å². The fourth-order valence-electron chi connectivity index (χ4n) is 2.23. The van der Waals surface area contributed by atoms with Crippen LogP contribution in [0.3, 0.4) is 0 Å². The molecule has 1 aliphatic rings. The van der Waals surface area contributed by atoms with E-state index in [2.05, 4.69) is 27.5 Å². The van der Waals surface area contributed by atoms with E-state index in [9.17, 15) is 10.1 Å². The zero-order valence-electron chi connectivity index (χ0n) is 11.3. The average Bonchev–Trinajstić information content (AvgIpc) is 2.34. The highest BCUT2D eigenvalue weighted by molar-refractivity contribution is 5.69. The van der Waals surface area contributed by atoms with Crippen molar-refractivity contribution in [3.05, 3.63) is 16.4 Å². The molecule has 1 aliphatic carbocycles. The third kappa shape index (κ3) is 2.91. The van der Waals surface area contributed by atoms with Crippen LogP contribution < -0.4 is 10.6 Å². The van der Waals surface area contributed by atoms with Gasteiger partial charge in [0.15, 0.2) is 0 Å². The molecule has 7 nitrogen and oxygen atoms in total. The Balaban J connectivity index is 2.18. The maximum Gasteiger partial charge on any atom is 0.353 e. The Labute approximate surface area is 112 Å². The summed E-state index contributed by atoms with van der Waals surface area (Å²) >= 11 is 0. The predicted molar refractivity (Wildman–Crippen MR) is 73.3 cm³/mol. The first kappa shape index (κ1) is 13.5. The zero-order chi connectivity index (χ0) is 13.9. The minimum atomic E-state index is -0.441. The standard InChI is InChI=1S/C12H19N5O2/c1-3-13-10-9(17(18)19)11(16-8-15-10)14-7-12(2)5-4-6-12/h8H,3-7H2,1-2H3,(H2,13,14,15,16). The van der Waals surface area contributed by atoms with Gasteiger partial charge in [-0.3, -0.25) is 10.1 Å².